The molecule has 41 heavy (non-hydrogen) atoms. The topological polar surface area (TPSA) is 140 Å². The van der Waals surface area contributed by atoms with Gasteiger partial charge in [-0.25, -0.2) is 4.79 Å². The number of rotatable bonds is 13. The number of amides is 4. The number of nitrogens with zero attached hydrogens (tertiary/aromatic N) is 1. The maximum Gasteiger partial charge on any atom is 0.408 e. The van der Waals surface area contributed by atoms with Crippen molar-refractivity contribution < 1.29 is 28.7 Å². The Balaban J connectivity index is 2.60. The molecule has 2 aromatic carbocycles. The van der Waals surface area contributed by atoms with E-state index in [4.69, 9.17) is 15.2 Å². The Morgan fingerprint density at radius 3 is 2.10 bits per heavy atom. The van der Waals surface area contributed by atoms with Crippen LogP contribution in [0, 0.1) is 13.8 Å². The Bertz CT molecular complexity index is 1190. The van der Waals surface area contributed by atoms with E-state index in [1.807, 2.05) is 39.0 Å². The molecular weight excluding hydrogens is 524 g/mol. The number of hydrogen-bond donors (Lipinski definition) is 3. The first-order valence-electron chi connectivity index (χ1n) is 13.9. The van der Waals surface area contributed by atoms with Crippen LogP contribution in [0.5, 0.6) is 5.75 Å². The fourth-order valence-electron chi connectivity index (χ4n) is 4.52. The molecule has 0 aliphatic rings. The number of benzene rings is 2. The molecule has 0 fully saturated rings. The highest BCUT2D eigenvalue weighted by Crippen LogP contribution is 2.30. The van der Waals surface area contributed by atoms with Gasteiger partial charge in [0.15, 0.2) is 0 Å². The molecule has 4 amide bonds. The van der Waals surface area contributed by atoms with Crippen LogP contribution in [-0.2, 0) is 19.1 Å². The van der Waals surface area contributed by atoms with Crippen LogP contribution in [-0.4, -0.2) is 54.0 Å². The van der Waals surface area contributed by atoms with Crippen molar-refractivity contribution in [3.8, 4) is 5.75 Å². The van der Waals surface area contributed by atoms with Crippen molar-refractivity contribution in [2.75, 3.05) is 19.0 Å². The standard InChI is InChI=1S/C31H44N4O6/c1-8-9-10-18-35(29(38)24(19-25(32)36)34-30(39)41-31(4,5)6)27(26-20(2)12-11-13-21(26)3)28(37)33-22-14-16-23(40-7)17-15-22/h11-17,24,27H,8-10,18-19H2,1-7H3,(H2,32,36)(H,33,37)(H,34,39). The van der Waals surface area contributed by atoms with Gasteiger partial charge in [0.05, 0.1) is 13.5 Å². The molecule has 0 spiro atoms. The number of aryl methyl sites for hydroxylation is 2. The lowest BCUT2D eigenvalue weighted by Gasteiger charge is -2.35. The van der Waals surface area contributed by atoms with Crippen molar-refractivity contribution in [1.82, 2.24) is 10.2 Å². The van der Waals surface area contributed by atoms with Crippen LogP contribution < -0.4 is 21.1 Å². The Kier molecular flexibility index (Phi) is 12.2. The van der Waals surface area contributed by atoms with Crippen molar-refractivity contribution in [3.05, 3.63) is 59.2 Å². The van der Waals surface area contributed by atoms with Crippen LogP contribution >= 0.6 is 0 Å². The Morgan fingerprint density at radius 1 is 0.976 bits per heavy atom. The first-order valence-corrected chi connectivity index (χ1v) is 13.9. The molecule has 2 aromatic rings. The molecule has 2 unspecified atom stereocenters. The zero-order chi connectivity index (χ0) is 30.7. The summed E-state index contributed by atoms with van der Waals surface area (Å²) < 4.78 is 10.6. The first kappa shape index (κ1) is 33.1. The minimum atomic E-state index is -1.33. The Hall–Kier alpha value is -4.08. The Labute approximate surface area is 242 Å². The third-order valence-corrected chi connectivity index (χ3v) is 6.41. The lowest BCUT2D eigenvalue weighted by Crippen LogP contribution is -2.53. The summed E-state index contributed by atoms with van der Waals surface area (Å²) in [6.07, 6.45) is 0.979. The Morgan fingerprint density at radius 2 is 1.59 bits per heavy atom. The number of hydrogen-bond acceptors (Lipinski definition) is 6. The molecule has 0 bridgehead atoms. The highest BCUT2D eigenvalue weighted by atomic mass is 16.6. The first-order chi connectivity index (χ1) is 19.3. The maximum atomic E-state index is 14.2. The second kappa shape index (κ2) is 15.1. The van der Waals surface area contributed by atoms with E-state index in [1.165, 1.54) is 4.90 Å². The van der Waals surface area contributed by atoms with E-state index in [0.717, 1.165) is 24.0 Å². The molecule has 0 aliphatic heterocycles. The van der Waals surface area contributed by atoms with E-state index >= 15 is 0 Å². The molecule has 0 aliphatic carbocycles. The lowest BCUT2D eigenvalue weighted by atomic mass is 9.93. The average Bonchev–Trinajstić information content (AvgIpc) is 2.87. The monoisotopic (exact) mass is 568 g/mol. The van der Waals surface area contributed by atoms with Crippen LogP contribution in [0.1, 0.15) is 76.1 Å². The zero-order valence-electron chi connectivity index (χ0n) is 25.2. The third-order valence-electron chi connectivity index (χ3n) is 6.41. The number of alkyl carbamates (subject to hydrolysis) is 1. The smallest absolute Gasteiger partial charge is 0.408 e. The molecule has 2 rings (SSSR count). The number of unbranched alkanes of at least 4 members (excludes halogenated alkanes) is 2. The van der Waals surface area contributed by atoms with Gasteiger partial charge in [-0.15, -0.1) is 0 Å². The largest absolute Gasteiger partial charge is 0.497 e. The number of carbonyl (C=O) groups excluding carboxylic acids is 4. The van der Waals surface area contributed by atoms with Gasteiger partial charge in [-0.05, 0) is 82.0 Å². The number of anilines is 1. The molecule has 0 heterocycles. The van der Waals surface area contributed by atoms with E-state index < -0.39 is 47.9 Å². The quantitative estimate of drug-likeness (QED) is 0.297. The summed E-state index contributed by atoms with van der Waals surface area (Å²) in [5.41, 5.74) is 7.48. The molecule has 2 atom stereocenters. The summed E-state index contributed by atoms with van der Waals surface area (Å²) >= 11 is 0. The molecule has 10 nitrogen and oxygen atoms in total. The van der Waals surface area contributed by atoms with Crippen molar-refractivity contribution in [3.63, 3.8) is 0 Å². The molecule has 0 radical (unpaired) electrons. The summed E-state index contributed by atoms with van der Waals surface area (Å²) in [6, 6.07) is 10.1. The van der Waals surface area contributed by atoms with Gasteiger partial charge in [-0.1, -0.05) is 38.0 Å². The number of ether oxygens (including phenoxy) is 2. The van der Waals surface area contributed by atoms with Crippen molar-refractivity contribution >= 4 is 29.5 Å². The fraction of sp³-hybridized carbons (Fsp3) is 0.484. The number of methoxy groups -OCH3 is 1. The highest BCUT2D eigenvalue weighted by molar-refractivity contribution is 6.00. The molecule has 224 valence electrons. The molecule has 0 saturated carbocycles. The molecule has 10 heteroatoms. The second-order valence-corrected chi connectivity index (χ2v) is 11.0. The van der Waals surface area contributed by atoms with Gasteiger partial charge in [0, 0.05) is 12.2 Å². The van der Waals surface area contributed by atoms with Crippen molar-refractivity contribution in [1.29, 1.82) is 0 Å². The summed E-state index contributed by atoms with van der Waals surface area (Å²) in [4.78, 5) is 54.4. The predicted molar refractivity (Wildman–Crippen MR) is 158 cm³/mol. The molecule has 4 N–H and O–H groups in total. The normalized spacial score (nSPS) is 12.6. The zero-order valence-corrected chi connectivity index (χ0v) is 25.2. The van der Waals surface area contributed by atoms with Gasteiger partial charge in [-0.3, -0.25) is 14.4 Å². The fourth-order valence-corrected chi connectivity index (χ4v) is 4.52. The number of primary amides is 1. The summed E-state index contributed by atoms with van der Waals surface area (Å²) in [5, 5.41) is 5.45. The van der Waals surface area contributed by atoms with Crippen LogP contribution in [0.25, 0.3) is 0 Å². The highest BCUT2D eigenvalue weighted by Gasteiger charge is 2.38. The lowest BCUT2D eigenvalue weighted by molar-refractivity contribution is -0.142. The molecule has 0 aromatic heterocycles. The SMILES string of the molecule is CCCCCN(C(=O)C(CC(N)=O)NC(=O)OC(C)(C)C)C(C(=O)Nc1ccc(OC)cc1)c1c(C)cccc1C. The van der Waals surface area contributed by atoms with E-state index in [9.17, 15) is 19.2 Å². The second-order valence-electron chi connectivity index (χ2n) is 11.0. The van der Waals surface area contributed by atoms with Gasteiger partial charge in [0.2, 0.25) is 11.8 Å². The van der Waals surface area contributed by atoms with Gasteiger partial charge in [0.25, 0.3) is 5.91 Å². The van der Waals surface area contributed by atoms with E-state index in [0.29, 0.717) is 23.4 Å². The number of carbonyl (C=O) groups is 4. The van der Waals surface area contributed by atoms with E-state index in [1.54, 1.807) is 52.1 Å². The van der Waals surface area contributed by atoms with Crippen LogP contribution in [0.3, 0.4) is 0 Å². The number of nitrogens with two attached hydrogens (primary N) is 1. The third kappa shape index (κ3) is 10.1. The van der Waals surface area contributed by atoms with Crippen LogP contribution in [0.2, 0.25) is 0 Å². The van der Waals surface area contributed by atoms with E-state index in [2.05, 4.69) is 10.6 Å². The van der Waals surface area contributed by atoms with Crippen LogP contribution in [0.15, 0.2) is 42.5 Å². The summed E-state index contributed by atoms with van der Waals surface area (Å²) in [5.74, 6) is -1.19. The summed E-state index contributed by atoms with van der Waals surface area (Å²) in [7, 11) is 1.55. The van der Waals surface area contributed by atoms with Crippen molar-refractivity contribution in [2.24, 2.45) is 5.73 Å². The summed E-state index contributed by atoms with van der Waals surface area (Å²) in [6.45, 7) is 11.1. The maximum absolute atomic E-state index is 14.2. The molecular formula is C31H44N4O6. The van der Waals surface area contributed by atoms with Gasteiger partial charge in [-0.2, -0.15) is 0 Å². The van der Waals surface area contributed by atoms with Crippen LogP contribution in [0.4, 0.5) is 10.5 Å². The molecule has 0 saturated heterocycles. The minimum absolute atomic E-state index is 0.215. The number of nitrogens with one attached hydrogen (secondary N) is 2. The van der Waals surface area contributed by atoms with Gasteiger partial charge < -0.3 is 30.7 Å². The average molecular weight is 569 g/mol. The van der Waals surface area contributed by atoms with Gasteiger partial charge in [0.1, 0.15) is 23.4 Å². The minimum Gasteiger partial charge on any atom is -0.497 e. The van der Waals surface area contributed by atoms with E-state index in [-0.39, 0.29) is 6.54 Å². The van der Waals surface area contributed by atoms with Crippen molar-refractivity contribution in [2.45, 2.75) is 84.9 Å². The van der Waals surface area contributed by atoms with Gasteiger partial charge >= 0.3 is 6.09 Å². The predicted octanol–water partition coefficient (Wildman–Crippen LogP) is 4.78.